The van der Waals surface area contributed by atoms with Crippen LogP contribution in [0.5, 0.6) is 0 Å². The van der Waals surface area contributed by atoms with Crippen LogP contribution in [0.2, 0.25) is 0 Å². The largest absolute Gasteiger partial charge is 0.445 e. The van der Waals surface area contributed by atoms with Crippen molar-refractivity contribution in [3.05, 3.63) is 24.3 Å². The lowest BCUT2D eigenvalue weighted by Gasteiger charge is -2.14. The van der Waals surface area contributed by atoms with E-state index in [0.29, 0.717) is 13.1 Å². The Balaban J connectivity index is 2.30. The maximum absolute atomic E-state index is 11.2. The van der Waals surface area contributed by atoms with E-state index in [9.17, 15) is 4.79 Å². The summed E-state index contributed by atoms with van der Waals surface area (Å²) in [5, 5.41) is 0. The second kappa shape index (κ2) is 3.95. The van der Waals surface area contributed by atoms with Gasteiger partial charge in [0.2, 0.25) is 0 Å². The first kappa shape index (κ1) is 8.84. The molecule has 0 saturated carbocycles. The van der Waals surface area contributed by atoms with Crippen molar-refractivity contribution in [1.29, 1.82) is 0 Å². The molecule has 1 heterocycles. The van der Waals surface area contributed by atoms with Crippen LogP contribution in [0.25, 0.3) is 0 Å². The molecule has 1 aliphatic rings. The molecule has 0 aromatic rings. The number of carbonyl (C=O) groups excluding carboxylic acids is 1. The maximum atomic E-state index is 11.2. The third-order valence-electron chi connectivity index (χ3n) is 1.68. The number of hydrogen-bond acceptors (Lipinski definition) is 2. The minimum Gasteiger partial charge on any atom is -0.445 e. The van der Waals surface area contributed by atoms with E-state index >= 15 is 0 Å². The Morgan fingerprint density at radius 1 is 1.92 bits per heavy atom. The Hall–Kier alpha value is -1.25. The van der Waals surface area contributed by atoms with E-state index in [-0.39, 0.29) is 12.7 Å². The van der Waals surface area contributed by atoms with Gasteiger partial charge in [-0.2, -0.15) is 0 Å². The van der Waals surface area contributed by atoms with Gasteiger partial charge in [0.1, 0.15) is 6.61 Å². The highest BCUT2D eigenvalue weighted by Gasteiger charge is 2.17. The van der Waals surface area contributed by atoms with Crippen molar-refractivity contribution in [3.63, 3.8) is 0 Å². The van der Waals surface area contributed by atoms with Gasteiger partial charge in [-0.1, -0.05) is 24.3 Å². The van der Waals surface area contributed by atoms with E-state index in [1.165, 1.54) is 5.57 Å². The van der Waals surface area contributed by atoms with Crippen LogP contribution in [0.3, 0.4) is 0 Å². The molecule has 1 aliphatic heterocycles. The number of hydrogen-bond donors (Lipinski definition) is 0. The molecule has 3 heteroatoms. The van der Waals surface area contributed by atoms with Gasteiger partial charge in [0.05, 0.1) is 0 Å². The topological polar surface area (TPSA) is 29.5 Å². The minimum absolute atomic E-state index is 0.261. The van der Waals surface area contributed by atoms with Gasteiger partial charge in [-0.25, -0.2) is 4.79 Å². The van der Waals surface area contributed by atoms with Crippen LogP contribution in [0.4, 0.5) is 4.79 Å². The van der Waals surface area contributed by atoms with Gasteiger partial charge < -0.3 is 9.64 Å². The second-order valence-electron chi connectivity index (χ2n) is 2.80. The lowest BCUT2D eigenvalue weighted by Crippen LogP contribution is -2.29. The zero-order chi connectivity index (χ0) is 8.97. The van der Waals surface area contributed by atoms with Crippen LogP contribution in [0, 0.1) is 0 Å². The van der Waals surface area contributed by atoms with E-state index in [1.807, 2.05) is 13.0 Å². The number of amides is 1. The Labute approximate surface area is 72.3 Å². The maximum Gasteiger partial charge on any atom is 0.410 e. The molecule has 66 valence electrons. The predicted octanol–water partition coefficient (Wildman–Crippen LogP) is 1.57. The molecule has 0 fully saturated rings. The SMILES string of the molecule is C=CCOC(=O)N1CC=C(C)C1. The van der Waals surface area contributed by atoms with E-state index in [2.05, 4.69) is 6.58 Å². The van der Waals surface area contributed by atoms with Crippen molar-refractivity contribution in [2.75, 3.05) is 19.7 Å². The molecule has 0 unspecified atom stereocenters. The second-order valence-corrected chi connectivity index (χ2v) is 2.80. The summed E-state index contributed by atoms with van der Waals surface area (Å²) in [6.45, 7) is 7.11. The molecule has 3 nitrogen and oxygen atoms in total. The number of rotatable bonds is 2. The third kappa shape index (κ3) is 2.12. The highest BCUT2D eigenvalue weighted by molar-refractivity contribution is 5.69. The summed E-state index contributed by atoms with van der Waals surface area (Å²) in [6, 6.07) is 0. The summed E-state index contributed by atoms with van der Waals surface area (Å²) in [7, 11) is 0. The zero-order valence-corrected chi connectivity index (χ0v) is 7.25. The predicted molar refractivity (Wildman–Crippen MR) is 46.9 cm³/mol. The number of carbonyl (C=O) groups is 1. The van der Waals surface area contributed by atoms with Crippen LogP contribution < -0.4 is 0 Å². The van der Waals surface area contributed by atoms with Crippen molar-refractivity contribution in [3.8, 4) is 0 Å². The molecule has 0 N–H and O–H groups in total. The van der Waals surface area contributed by atoms with Gasteiger partial charge >= 0.3 is 6.09 Å². The quantitative estimate of drug-likeness (QED) is 0.584. The van der Waals surface area contributed by atoms with Crippen molar-refractivity contribution in [2.24, 2.45) is 0 Å². The molecule has 0 spiro atoms. The first-order valence-corrected chi connectivity index (χ1v) is 3.92. The van der Waals surface area contributed by atoms with Crippen molar-refractivity contribution >= 4 is 6.09 Å². The van der Waals surface area contributed by atoms with Crippen molar-refractivity contribution in [2.45, 2.75) is 6.92 Å². The number of nitrogens with zero attached hydrogens (tertiary/aromatic N) is 1. The monoisotopic (exact) mass is 167 g/mol. The smallest absolute Gasteiger partial charge is 0.410 e. The van der Waals surface area contributed by atoms with E-state index in [4.69, 9.17) is 4.74 Å². The van der Waals surface area contributed by atoms with Crippen LogP contribution in [0.1, 0.15) is 6.92 Å². The summed E-state index contributed by atoms with van der Waals surface area (Å²) in [5.41, 5.74) is 1.21. The van der Waals surface area contributed by atoms with Gasteiger partial charge in [0, 0.05) is 13.1 Å². The van der Waals surface area contributed by atoms with Crippen LogP contribution in [-0.4, -0.2) is 30.7 Å². The summed E-state index contributed by atoms with van der Waals surface area (Å²) in [6.07, 6.45) is 3.33. The molecule has 0 radical (unpaired) electrons. The first-order chi connectivity index (χ1) is 5.74. The van der Waals surface area contributed by atoms with Gasteiger partial charge in [-0.05, 0) is 6.92 Å². The highest BCUT2D eigenvalue weighted by atomic mass is 16.6. The molecule has 0 aromatic heterocycles. The van der Waals surface area contributed by atoms with Crippen LogP contribution >= 0.6 is 0 Å². The standard InChI is InChI=1S/C9H13NO2/c1-3-6-12-9(11)10-5-4-8(2)7-10/h3-4H,1,5-7H2,2H3. The summed E-state index contributed by atoms with van der Waals surface area (Å²) < 4.78 is 4.86. The fourth-order valence-corrected chi connectivity index (χ4v) is 1.06. The third-order valence-corrected chi connectivity index (χ3v) is 1.68. The van der Waals surface area contributed by atoms with Crippen LogP contribution in [0.15, 0.2) is 24.3 Å². The summed E-state index contributed by atoms with van der Waals surface area (Å²) in [4.78, 5) is 12.8. The minimum atomic E-state index is -0.261. The van der Waals surface area contributed by atoms with E-state index < -0.39 is 0 Å². The molecular formula is C9H13NO2. The number of ether oxygens (including phenoxy) is 1. The Bertz CT molecular complexity index is 221. The van der Waals surface area contributed by atoms with Crippen molar-refractivity contribution < 1.29 is 9.53 Å². The summed E-state index contributed by atoms with van der Waals surface area (Å²) >= 11 is 0. The Morgan fingerprint density at radius 3 is 3.17 bits per heavy atom. The Kier molecular flexibility index (Phi) is 2.91. The summed E-state index contributed by atoms with van der Waals surface area (Å²) in [5.74, 6) is 0. The molecule has 0 bridgehead atoms. The molecular weight excluding hydrogens is 154 g/mol. The molecule has 0 aromatic carbocycles. The molecule has 1 rings (SSSR count). The highest BCUT2D eigenvalue weighted by Crippen LogP contribution is 2.08. The lowest BCUT2D eigenvalue weighted by atomic mass is 10.3. The van der Waals surface area contributed by atoms with E-state index in [1.54, 1.807) is 11.0 Å². The average Bonchev–Trinajstić information content (AvgIpc) is 2.47. The molecule has 1 amide bonds. The molecule has 0 aliphatic carbocycles. The zero-order valence-electron chi connectivity index (χ0n) is 7.25. The van der Waals surface area contributed by atoms with E-state index in [0.717, 1.165) is 0 Å². The molecule has 12 heavy (non-hydrogen) atoms. The fourth-order valence-electron chi connectivity index (χ4n) is 1.06. The van der Waals surface area contributed by atoms with Crippen molar-refractivity contribution in [1.82, 2.24) is 4.90 Å². The normalized spacial score (nSPS) is 15.8. The first-order valence-electron chi connectivity index (χ1n) is 3.92. The molecule has 0 saturated heterocycles. The van der Waals surface area contributed by atoms with Gasteiger partial charge in [-0.15, -0.1) is 0 Å². The average molecular weight is 167 g/mol. The van der Waals surface area contributed by atoms with Gasteiger partial charge in [-0.3, -0.25) is 0 Å². The molecule has 0 atom stereocenters. The lowest BCUT2D eigenvalue weighted by molar-refractivity contribution is 0.122. The Morgan fingerprint density at radius 2 is 2.67 bits per heavy atom. The van der Waals surface area contributed by atoms with Gasteiger partial charge in [0.25, 0.3) is 0 Å². The fraction of sp³-hybridized carbons (Fsp3) is 0.444. The van der Waals surface area contributed by atoms with Gasteiger partial charge in [0.15, 0.2) is 0 Å². The van der Waals surface area contributed by atoms with Crippen LogP contribution in [-0.2, 0) is 4.74 Å².